The Morgan fingerprint density at radius 1 is 0.706 bits per heavy atom. The van der Waals surface area contributed by atoms with E-state index >= 15 is 0 Å². The molecule has 0 aliphatic rings. The number of para-hydroxylation sites is 1. The second kappa shape index (κ2) is 11.7. The third-order valence-corrected chi connectivity index (χ3v) is 5.19. The van der Waals surface area contributed by atoms with Crippen molar-refractivity contribution in [3.05, 3.63) is 83.4 Å². The molecule has 0 heterocycles. The van der Waals surface area contributed by atoms with E-state index < -0.39 is 18.5 Å². The Bertz CT molecular complexity index is 1170. The van der Waals surface area contributed by atoms with Crippen LogP contribution in [-0.2, 0) is 19.1 Å². The molecule has 2 amide bonds. The lowest BCUT2D eigenvalue weighted by Crippen LogP contribution is -2.22. The zero-order chi connectivity index (χ0) is 24.5. The maximum Gasteiger partial charge on any atom is 0.306 e. The first-order valence-electron chi connectivity index (χ1n) is 11.0. The van der Waals surface area contributed by atoms with Crippen molar-refractivity contribution < 1.29 is 23.9 Å². The number of anilines is 2. The van der Waals surface area contributed by atoms with E-state index in [1.165, 1.54) is 5.56 Å². The lowest BCUT2D eigenvalue weighted by atomic mass is 10.1. The fourth-order valence-electron chi connectivity index (χ4n) is 3.08. The van der Waals surface area contributed by atoms with Gasteiger partial charge in [-0.15, -0.1) is 0 Å². The van der Waals surface area contributed by atoms with Crippen molar-refractivity contribution in [1.82, 2.24) is 0 Å². The lowest BCUT2D eigenvalue weighted by molar-refractivity contribution is -0.147. The Balaban J connectivity index is 1.38. The Morgan fingerprint density at radius 3 is 2.12 bits per heavy atom. The Hall–Kier alpha value is -4.13. The van der Waals surface area contributed by atoms with Gasteiger partial charge >= 0.3 is 5.97 Å². The topological polar surface area (TPSA) is 93.7 Å². The minimum absolute atomic E-state index is 0.0564. The lowest BCUT2D eigenvalue weighted by Gasteiger charge is -2.10. The molecular weight excluding hydrogens is 432 g/mol. The van der Waals surface area contributed by atoms with E-state index in [1.54, 1.807) is 36.4 Å². The van der Waals surface area contributed by atoms with Crippen LogP contribution < -0.4 is 15.4 Å². The second-order valence-electron chi connectivity index (χ2n) is 7.94. The zero-order valence-electron chi connectivity index (χ0n) is 19.5. The molecule has 0 atom stereocenters. The van der Waals surface area contributed by atoms with Crippen LogP contribution in [0.1, 0.15) is 29.5 Å². The normalized spacial score (nSPS) is 10.3. The van der Waals surface area contributed by atoms with Gasteiger partial charge in [-0.2, -0.15) is 0 Å². The number of ether oxygens (including phenoxy) is 2. The molecule has 0 bridgehead atoms. The maximum atomic E-state index is 12.1. The highest BCUT2D eigenvalue weighted by atomic mass is 16.5. The maximum absolute atomic E-state index is 12.1. The van der Waals surface area contributed by atoms with Gasteiger partial charge in [0.2, 0.25) is 5.91 Å². The molecule has 3 aromatic rings. The average Bonchev–Trinajstić information content (AvgIpc) is 2.81. The molecule has 0 saturated heterocycles. The van der Waals surface area contributed by atoms with Crippen molar-refractivity contribution >= 4 is 29.2 Å². The first-order chi connectivity index (χ1) is 16.3. The third kappa shape index (κ3) is 7.48. The molecule has 0 aliphatic heterocycles. The first-order valence-corrected chi connectivity index (χ1v) is 11.0. The molecule has 0 radical (unpaired) electrons. The summed E-state index contributed by atoms with van der Waals surface area (Å²) in [5, 5.41) is 5.41. The minimum Gasteiger partial charge on any atom is -0.457 e. The Labute approximate surface area is 199 Å². The molecule has 3 aromatic carbocycles. The van der Waals surface area contributed by atoms with Gasteiger partial charge in [-0.25, -0.2) is 0 Å². The molecule has 7 heteroatoms. The number of carbonyl (C=O) groups is 3. The van der Waals surface area contributed by atoms with Crippen LogP contribution >= 0.6 is 0 Å². The van der Waals surface area contributed by atoms with Crippen LogP contribution in [0.2, 0.25) is 0 Å². The number of nitrogens with one attached hydrogen (secondary N) is 2. The van der Waals surface area contributed by atoms with Crippen LogP contribution in [0.3, 0.4) is 0 Å². The van der Waals surface area contributed by atoms with Crippen LogP contribution in [0, 0.1) is 20.8 Å². The van der Waals surface area contributed by atoms with Crippen molar-refractivity contribution in [2.75, 3.05) is 17.2 Å². The standard InChI is InChI=1S/C27H28N2O5/c1-18-8-11-23(16-20(18)3)34-22-12-9-21(10-13-22)28-25(30)14-15-27(32)33-17-26(31)29-24-7-5-4-6-19(24)2/h4-13,16H,14-15,17H2,1-3H3,(H,28,30)(H,29,31). The molecule has 0 fully saturated rings. The third-order valence-electron chi connectivity index (χ3n) is 5.19. The number of carbonyl (C=O) groups excluding carboxylic acids is 3. The summed E-state index contributed by atoms with van der Waals surface area (Å²) in [6.45, 7) is 5.53. The summed E-state index contributed by atoms with van der Waals surface area (Å²) in [5.41, 5.74) is 4.49. The van der Waals surface area contributed by atoms with E-state index in [-0.39, 0.29) is 18.7 Å². The monoisotopic (exact) mass is 460 g/mol. The smallest absolute Gasteiger partial charge is 0.306 e. The largest absolute Gasteiger partial charge is 0.457 e. The van der Waals surface area contributed by atoms with Crippen molar-refractivity contribution in [2.24, 2.45) is 0 Å². The van der Waals surface area contributed by atoms with Crippen LogP contribution in [0.5, 0.6) is 11.5 Å². The molecule has 34 heavy (non-hydrogen) atoms. The van der Waals surface area contributed by atoms with Gasteiger partial charge in [0.05, 0.1) is 6.42 Å². The number of amides is 2. The molecule has 0 aromatic heterocycles. The summed E-state index contributed by atoms with van der Waals surface area (Å²) < 4.78 is 10.8. The van der Waals surface area contributed by atoms with Crippen molar-refractivity contribution in [3.8, 4) is 11.5 Å². The number of aryl methyl sites for hydroxylation is 3. The van der Waals surface area contributed by atoms with Crippen LogP contribution in [0.15, 0.2) is 66.7 Å². The van der Waals surface area contributed by atoms with E-state index in [0.717, 1.165) is 16.9 Å². The van der Waals surface area contributed by atoms with Gasteiger partial charge in [0.15, 0.2) is 6.61 Å². The van der Waals surface area contributed by atoms with E-state index in [2.05, 4.69) is 10.6 Å². The average molecular weight is 461 g/mol. The highest BCUT2D eigenvalue weighted by Gasteiger charge is 2.12. The number of esters is 1. The highest BCUT2D eigenvalue weighted by Crippen LogP contribution is 2.25. The predicted octanol–water partition coefficient (Wildman–Crippen LogP) is 5.30. The molecule has 2 N–H and O–H groups in total. The first kappa shape index (κ1) is 24.5. The van der Waals surface area contributed by atoms with E-state index in [0.29, 0.717) is 17.1 Å². The SMILES string of the molecule is Cc1ccc(Oc2ccc(NC(=O)CCC(=O)OCC(=O)Nc3ccccc3C)cc2)cc1C. The molecule has 176 valence electrons. The van der Waals surface area contributed by atoms with Gasteiger partial charge in [0.1, 0.15) is 11.5 Å². The molecule has 3 rings (SSSR count). The molecule has 7 nitrogen and oxygen atoms in total. The van der Waals surface area contributed by atoms with Gasteiger partial charge in [-0.05, 0) is 79.9 Å². The van der Waals surface area contributed by atoms with Crippen LogP contribution in [-0.4, -0.2) is 24.4 Å². The fraction of sp³-hybridized carbons (Fsp3) is 0.222. The second-order valence-corrected chi connectivity index (χ2v) is 7.94. The summed E-state index contributed by atoms with van der Waals surface area (Å²) in [4.78, 5) is 36.0. The summed E-state index contributed by atoms with van der Waals surface area (Å²) >= 11 is 0. The van der Waals surface area contributed by atoms with Gasteiger partial charge in [0, 0.05) is 17.8 Å². The molecule has 0 spiro atoms. The van der Waals surface area contributed by atoms with E-state index in [1.807, 2.05) is 51.1 Å². The number of rotatable bonds is 9. The minimum atomic E-state index is -0.618. The van der Waals surface area contributed by atoms with Crippen molar-refractivity contribution in [1.29, 1.82) is 0 Å². The number of hydrogen-bond acceptors (Lipinski definition) is 5. The van der Waals surface area contributed by atoms with Gasteiger partial charge in [-0.3, -0.25) is 14.4 Å². The number of benzene rings is 3. The van der Waals surface area contributed by atoms with Gasteiger partial charge < -0.3 is 20.1 Å². The van der Waals surface area contributed by atoms with E-state index in [4.69, 9.17) is 9.47 Å². The summed E-state index contributed by atoms with van der Waals surface area (Å²) in [6.07, 6.45) is -0.184. The summed E-state index contributed by atoms with van der Waals surface area (Å²) in [7, 11) is 0. The predicted molar refractivity (Wildman–Crippen MR) is 131 cm³/mol. The van der Waals surface area contributed by atoms with Gasteiger partial charge in [0.25, 0.3) is 5.91 Å². The molecule has 0 unspecified atom stereocenters. The molecular formula is C27H28N2O5. The fourth-order valence-corrected chi connectivity index (χ4v) is 3.08. The Kier molecular flexibility index (Phi) is 8.40. The van der Waals surface area contributed by atoms with E-state index in [9.17, 15) is 14.4 Å². The Morgan fingerprint density at radius 2 is 1.41 bits per heavy atom. The number of hydrogen-bond donors (Lipinski definition) is 2. The summed E-state index contributed by atoms with van der Waals surface area (Å²) in [5.74, 6) is 0.00589. The molecule has 0 aliphatic carbocycles. The quantitative estimate of drug-likeness (QED) is 0.423. The van der Waals surface area contributed by atoms with Crippen molar-refractivity contribution in [2.45, 2.75) is 33.6 Å². The summed E-state index contributed by atoms with van der Waals surface area (Å²) in [6, 6.07) is 20.1. The highest BCUT2D eigenvalue weighted by molar-refractivity contribution is 5.94. The van der Waals surface area contributed by atoms with Gasteiger partial charge in [-0.1, -0.05) is 24.3 Å². The van der Waals surface area contributed by atoms with Crippen molar-refractivity contribution in [3.63, 3.8) is 0 Å². The van der Waals surface area contributed by atoms with Crippen LogP contribution in [0.4, 0.5) is 11.4 Å². The molecule has 0 saturated carbocycles. The van der Waals surface area contributed by atoms with Crippen LogP contribution in [0.25, 0.3) is 0 Å². The zero-order valence-corrected chi connectivity index (χ0v) is 19.5.